The van der Waals surface area contributed by atoms with Crippen LogP contribution in [0.15, 0.2) is 60.7 Å². The third-order valence-electron chi connectivity index (χ3n) is 6.97. The van der Waals surface area contributed by atoms with E-state index < -0.39 is 17.6 Å². The predicted molar refractivity (Wildman–Crippen MR) is 146 cm³/mol. The fraction of sp³-hybridized carbons (Fsp3) is 0.323. The molecule has 0 spiro atoms. The standard InChI is InChI=1S/C31H34F2N2O2/c1-2-4-20-6-10-22(11-7-20)27-14-15-28(30(33)29(27)32)23-12-8-21(9-13-23)5-3-16-37-31(36)24-17-25(34)19-26(35)18-24/h8-10,12-15,17-20H,2-7,11,16,34-35H2,1H3. The highest BCUT2D eigenvalue weighted by Crippen LogP contribution is 2.36. The first kappa shape index (κ1) is 26.4. The Bertz CT molecular complexity index is 1260. The van der Waals surface area contributed by atoms with Gasteiger partial charge in [0.2, 0.25) is 0 Å². The number of esters is 1. The average Bonchev–Trinajstić information content (AvgIpc) is 2.89. The molecular formula is C31H34F2N2O2. The molecule has 0 bridgehead atoms. The monoisotopic (exact) mass is 504 g/mol. The van der Waals surface area contributed by atoms with E-state index in [1.807, 2.05) is 12.1 Å². The lowest BCUT2D eigenvalue weighted by molar-refractivity contribution is 0.0500. The first-order valence-corrected chi connectivity index (χ1v) is 13.0. The zero-order valence-electron chi connectivity index (χ0n) is 21.2. The molecule has 0 radical (unpaired) electrons. The third-order valence-corrected chi connectivity index (χ3v) is 6.97. The summed E-state index contributed by atoms with van der Waals surface area (Å²) in [5.41, 5.74) is 15.8. The predicted octanol–water partition coefficient (Wildman–Crippen LogP) is 7.57. The largest absolute Gasteiger partial charge is 0.462 e. The van der Waals surface area contributed by atoms with Crippen LogP contribution >= 0.6 is 0 Å². The van der Waals surface area contributed by atoms with Crippen molar-refractivity contribution in [2.75, 3.05) is 18.1 Å². The van der Waals surface area contributed by atoms with Gasteiger partial charge in [-0.3, -0.25) is 0 Å². The summed E-state index contributed by atoms with van der Waals surface area (Å²) >= 11 is 0. The minimum absolute atomic E-state index is 0.242. The van der Waals surface area contributed by atoms with Crippen LogP contribution in [0.25, 0.3) is 16.7 Å². The van der Waals surface area contributed by atoms with Gasteiger partial charge in [0.05, 0.1) is 12.2 Å². The van der Waals surface area contributed by atoms with E-state index in [9.17, 15) is 4.79 Å². The van der Waals surface area contributed by atoms with Crippen LogP contribution in [0, 0.1) is 17.6 Å². The van der Waals surface area contributed by atoms with Crippen molar-refractivity contribution < 1.29 is 18.3 Å². The molecule has 1 aliphatic rings. The molecule has 0 amide bonds. The number of benzene rings is 3. The molecule has 4 N–H and O–H groups in total. The van der Waals surface area contributed by atoms with Crippen molar-refractivity contribution in [2.24, 2.45) is 5.92 Å². The lowest BCUT2D eigenvalue weighted by Gasteiger charge is -2.22. The highest BCUT2D eigenvalue weighted by atomic mass is 19.2. The highest BCUT2D eigenvalue weighted by Gasteiger charge is 2.21. The fourth-order valence-electron chi connectivity index (χ4n) is 4.99. The van der Waals surface area contributed by atoms with E-state index in [-0.39, 0.29) is 12.2 Å². The molecule has 0 saturated heterocycles. The number of anilines is 2. The van der Waals surface area contributed by atoms with E-state index in [1.54, 1.807) is 30.3 Å². The fourth-order valence-corrected chi connectivity index (χ4v) is 4.99. The topological polar surface area (TPSA) is 78.3 Å². The summed E-state index contributed by atoms with van der Waals surface area (Å²) in [4.78, 5) is 12.2. The molecule has 1 atom stereocenters. The van der Waals surface area contributed by atoms with Gasteiger partial charge in [-0.15, -0.1) is 0 Å². The normalized spacial score (nSPS) is 15.3. The number of halogens is 2. The summed E-state index contributed by atoms with van der Waals surface area (Å²) in [6, 6.07) is 15.4. The Labute approximate surface area is 217 Å². The highest BCUT2D eigenvalue weighted by molar-refractivity contribution is 5.91. The van der Waals surface area contributed by atoms with Crippen LogP contribution < -0.4 is 11.5 Å². The van der Waals surface area contributed by atoms with Crippen LogP contribution in [-0.4, -0.2) is 12.6 Å². The number of hydrogen-bond donors (Lipinski definition) is 2. The van der Waals surface area contributed by atoms with Gasteiger partial charge in [-0.1, -0.05) is 62.2 Å². The number of carbonyl (C=O) groups excluding carboxylic acids is 1. The number of aryl methyl sites for hydroxylation is 1. The Morgan fingerprint density at radius 3 is 2.30 bits per heavy atom. The average molecular weight is 505 g/mol. The van der Waals surface area contributed by atoms with Crippen LogP contribution in [-0.2, 0) is 11.2 Å². The van der Waals surface area contributed by atoms with Crippen molar-refractivity contribution in [1.29, 1.82) is 0 Å². The van der Waals surface area contributed by atoms with E-state index in [0.717, 1.165) is 36.8 Å². The molecule has 3 aromatic rings. The van der Waals surface area contributed by atoms with Gasteiger partial charge >= 0.3 is 5.97 Å². The van der Waals surface area contributed by atoms with Crippen LogP contribution in [0.1, 0.15) is 66.9 Å². The Kier molecular flexibility index (Phi) is 8.59. The molecule has 0 saturated carbocycles. The van der Waals surface area contributed by atoms with Crippen molar-refractivity contribution in [2.45, 2.75) is 51.9 Å². The van der Waals surface area contributed by atoms with Crippen LogP contribution in [0.4, 0.5) is 20.2 Å². The van der Waals surface area contributed by atoms with E-state index in [0.29, 0.717) is 46.8 Å². The Morgan fingerprint density at radius 2 is 1.65 bits per heavy atom. The van der Waals surface area contributed by atoms with E-state index >= 15 is 8.78 Å². The summed E-state index contributed by atoms with van der Waals surface area (Å²) in [7, 11) is 0. The third kappa shape index (κ3) is 6.56. The quantitative estimate of drug-likeness (QED) is 0.179. The van der Waals surface area contributed by atoms with Gasteiger partial charge in [0, 0.05) is 22.5 Å². The second-order valence-electron chi connectivity index (χ2n) is 9.77. The summed E-state index contributed by atoms with van der Waals surface area (Å²) in [5.74, 6) is -1.41. The molecule has 37 heavy (non-hydrogen) atoms. The molecule has 6 heteroatoms. The van der Waals surface area contributed by atoms with E-state index in [1.165, 1.54) is 18.6 Å². The maximum atomic E-state index is 15.0. The van der Waals surface area contributed by atoms with E-state index in [2.05, 4.69) is 13.0 Å². The lowest BCUT2D eigenvalue weighted by atomic mass is 9.84. The number of rotatable bonds is 9. The van der Waals surface area contributed by atoms with Crippen LogP contribution in [0.2, 0.25) is 0 Å². The lowest BCUT2D eigenvalue weighted by Crippen LogP contribution is -2.08. The number of nitrogen functional groups attached to an aromatic ring is 2. The summed E-state index contributed by atoms with van der Waals surface area (Å²) in [5, 5.41) is 0. The molecule has 194 valence electrons. The summed E-state index contributed by atoms with van der Waals surface area (Å²) in [6.07, 6.45) is 8.46. The van der Waals surface area contributed by atoms with Gasteiger partial charge in [0.15, 0.2) is 11.6 Å². The van der Waals surface area contributed by atoms with Gasteiger partial charge in [-0.2, -0.15) is 0 Å². The van der Waals surface area contributed by atoms with Crippen LogP contribution in [0.3, 0.4) is 0 Å². The number of carbonyl (C=O) groups is 1. The second-order valence-corrected chi connectivity index (χ2v) is 9.77. The molecule has 0 fully saturated rings. The van der Waals surface area contributed by atoms with Gasteiger partial charge < -0.3 is 16.2 Å². The Morgan fingerprint density at radius 1 is 0.973 bits per heavy atom. The first-order chi connectivity index (χ1) is 17.9. The molecular weight excluding hydrogens is 470 g/mol. The number of hydrogen-bond acceptors (Lipinski definition) is 4. The number of nitrogens with two attached hydrogens (primary N) is 2. The summed E-state index contributed by atoms with van der Waals surface area (Å²) < 4.78 is 35.4. The van der Waals surface area contributed by atoms with Crippen molar-refractivity contribution >= 4 is 22.9 Å². The number of allylic oxidation sites excluding steroid dienone is 2. The van der Waals surface area contributed by atoms with Crippen molar-refractivity contribution in [3.8, 4) is 11.1 Å². The molecule has 0 aromatic heterocycles. The van der Waals surface area contributed by atoms with E-state index in [4.69, 9.17) is 16.2 Å². The SMILES string of the molecule is CCCC1CC=C(c2ccc(-c3ccc(CCCOC(=O)c4cc(N)cc(N)c4)cc3)c(F)c2F)CC1. The minimum atomic E-state index is -0.809. The molecule has 4 rings (SSSR count). The van der Waals surface area contributed by atoms with Gasteiger partial charge in [-0.05, 0) is 72.9 Å². The molecule has 1 unspecified atom stereocenters. The zero-order chi connectivity index (χ0) is 26.4. The first-order valence-electron chi connectivity index (χ1n) is 13.0. The Balaban J connectivity index is 1.34. The maximum absolute atomic E-state index is 15.0. The Hall–Kier alpha value is -3.67. The maximum Gasteiger partial charge on any atom is 0.338 e. The minimum Gasteiger partial charge on any atom is -0.462 e. The zero-order valence-corrected chi connectivity index (χ0v) is 21.2. The van der Waals surface area contributed by atoms with Gasteiger partial charge in [0.25, 0.3) is 0 Å². The number of ether oxygens (including phenoxy) is 1. The van der Waals surface area contributed by atoms with Gasteiger partial charge in [0.1, 0.15) is 0 Å². The second kappa shape index (κ2) is 12.0. The van der Waals surface area contributed by atoms with Crippen molar-refractivity contribution in [3.63, 3.8) is 0 Å². The molecule has 0 heterocycles. The molecule has 4 nitrogen and oxygen atoms in total. The van der Waals surface area contributed by atoms with Gasteiger partial charge in [-0.25, -0.2) is 13.6 Å². The molecule has 1 aliphatic carbocycles. The van der Waals surface area contributed by atoms with Crippen molar-refractivity contribution in [1.82, 2.24) is 0 Å². The van der Waals surface area contributed by atoms with Crippen LogP contribution in [0.5, 0.6) is 0 Å². The molecule has 3 aromatic carbocycles. The summed E-state index contributed by atoms with van der Waals surface area (Å²) in [6.45, 7) is 2.42. The van der Waals surface area contributed by atoms with Crippen molar-refractivity contribution in [3.05, 3.63) is 89.0 Å². The molecule has 0 aliphatic heterocycles. The smallest absolute Gasteiger partial charge is 0.338 e.